The van der Waals surface area contributed by atoms with Crippen molar-refractivity contribution in [3.05, 3.63) is 52.1 Å². The van der Waals surface area contributed by atoms with E-state index in [-0.39, 0.29) is 6.04 Å². The number of pyridine rings is 1. The Balaban J connectivity index is 2.46. The Morgan fingerprint density at radius 3 is 2.94 bits per heavy atom. The molecule has 90 valence electrons. The zero-order valence-corrected chi connectivity index (χ0v) is 11.1. The minimum atomic E-state index is -0.240. The van der Waals surface area contributed by atoms with Crippen LogP contribution in [0.15, 0.2) is 39.5 Å². The van der Waals surface area contributed by atoms with Crippen LogP contribution in [0.4, 0.5) is 0 Å². The minimum absolute atomic E-state index is 0.240. The molecule has 0 saturated heterocycles. The molecule has 0 spiro atoms. The molecule has 0 aromatic carbocycles. The molecule has 2 aromatic heterocycles. The lowest BCUT2D eigenvalue weighted by atomic mass is 10.0. The highest BCUT2D eigenvalue weighted by Crippen LogP contribution is 2.29. The number of nitrogens with two attached hydrogens (primary N) is 1. The Labute approximate surface area is 108 Å². The van der Waals surface area contributed by atoms with Crippen molar-refractivity contribution >= 4 is 15.9 Å². The Morgan fingerprint density at radius 1 is 1.53 bits per heavy atom. The Kier molecular flexibility index (Phi) is 3.93. The van der Waals surface area contributed by atoms with Gasteiger partial charge in [0.1, 0.15) is 11.8 Å². The van der Waals surface area contributed by atoms with Crippen molar-refractivity contribution in [2.45, 2.75) is 19.4 Å². The molecule has 0 amide bonds. The predicted octanol–water partition coefficient (Wildman–Crippen LogP) is 2.55. The van der Waals surface area contributed by atoms with Crippen LogP contribution in [0.25, 0.3) is 0 Å². The summed E-state index contributed by atoms with van der Waals surface area (Å²) < 4.78 is 6.32. The first-order valence-electron chi connectivity index (χ1n) is 5.40. The van der Waals surface area contributed by atoms with E-state index in [2.05, 4.69) is 33.3 Å². The van der Waals surface area contributed by atoms with Gasteiger partial charge in [-0.1, -0.05) is 13.0 Å². The van der Waals surface area contributed by atoms with E-state index in [0.29, 0.717) is 0 Å². The number of rotatable bonds is 4. The van der Waals surface area contributed by atoms with Gasteiger partial charge in [-0.05, 0) is 40.0 Å². The molecule has 0 radical (unpaired) electrons. The number of furan rings is 1. The second-order valence-corrected chi connectivity index (χ2v) is 4.49. The van der Waals surface area contributed by atoms with Crippen LogP contribution in [0.1, 0.15) is 30.0 Å². The van der Waals surface area contributed by atoms with E-state index in [0.717, 1.165) is 27.9 Å². The molecular formula is C12H14BrN3O. The summed E-state index contributed by atoms with van der Waals surface area (Å²) in [5, 5.41) is 0. The normalized spacial score (nSPS) is 12.6. The van der Waals surface area contributed by atoms with Gasteiger partial charge in [0.05, 0.1) is 16.4 Å². The summed E-state index contributed by atoms with van der Waals surface area (Å²) in [5.74, 6) is 6.35. The van der Waals surface area contributed by atoms with Crippen LogP contribution in [-0.2, 0) is 6.42 Å². The maximum atomic E-state index is 5.62. The third-order valence-corrected chi connectivity index (χ3v) is 3.31. The van der Waals surface area contributed by atoms with Gasteiger partial charge in [-0.3, -0.25) is 10.8 Å². The molecule has 0 saturated carbocycles. The zero-order chi connectivity index (χ0) is 12.3. The first-order chi connectivity index (χ1) is 8.27. The van der Waals surface area contributed by atoms with Gasteiger partial charge in [0.2, 0.25) is 0 Å². The predicted molar refractivity (Wildman–Crippen MR) is 69.2 cm³/mol. The Bertz CT molecular complexity index is 498. The van der Waals surface area contributed by atoms with Crippen LogP contribution in [0.5, 0.6) is 0 Å². The van der Waals surface area contributed by atoms with E-state index in [1.165, 1.54) is 0 Å². The monoisotopic (exact) mass is 295 g/mol. The van der Waals surface area contributed by atoms with E-state index in [1.807, 2.05) is 18.2 Å². The zero-order valence-electron chi connectivity index (χ0n) is 9.48. The molecule has 0 aliphatic rings. The molecule has 17 heavy (non-hydrogen) atoms. The number of nitrogens with one attached hydrogen (secondary N) is 1. The molecule has 0 fully saturated rings. The van der Waals surface area contributed by atoms with E-state index in [4.69, 9.17) is 10.3 Å². The fourth-order valence-corrected chi connectivity index (χ4v) is 2.23. The van der Waals surface area contributed by atoms with Crippen LogP contribution in [0.2, 0.25) is 0 Å². The van der Waals surface area contributed by atoms with Gasteiger partial charge in [0.25, 0.3) is 0 Å². The molecule has 0 aliphatic heterocycles. The van der Waals surface area contributed by atoms with E-state index in [9.17, 15) is 0 Å². The SMILES string of the molecule is CCc1cccnc1C(NN)c1occc1Br. The van der Waals surface area contributed by atoms with Gasteiger partial charge in [0, 0.05) is 6.20 Å². The number of halogens is 1. The standard InChI is InChI=1S/C12H14BrN3O/c1-2-8-4-3-6-15-10(8)11(16-14)12-9(13)5-7-17-12/h3-7,11,16H,2,14H2,1H3. The van der Waals surface area contributed by atoms with Gasteiger partial charge in [0.15, 0.2) is 0 Å². The quantitative estimate of drug-likeness (QED) is 0.672. The number of nitrogens with zero attached hydrogens (tertiary/aromatic N) is 1. The minimum Gasteiger partial charge on any atom is -0.466 e. The third-order valence-electron chi connectivity index (χ3n) is 2.65. The Hall–Kier alpha value is -1.17. The summed E-state index contributed by atoms with van der Waals surface area (Å²) in [4.78, 5) is 4.39. The second kappa shape index (κ2) is 5.44. The lowest BCUT2D eigenvalue weighted by Gasteiger charge is -2.16. The molecule has 1 unspecified atom stereocenters. The van der Waals surface area contributed by atoms with E-state index >= 15 is 0 Å². The van der Waals surface area contributed by atoms with Crippen LogP contribution >= 0.6 is 15.9 Å². The van der Waals surface area contributed by atoms with Crippen LogP contribution in [0, 0.1) is 0 Å². The van der Waals surface area contributed by atoms with Crippen molar-refractivity contribution in [3.8, 4) is 0 Å². The summed E-state index contributed by atoms with van der Waals surface area (Å²) in [6.07, 6.45) is 4.29. The van der Waals surface area contributed by atoms with Gasteiger partial charge in [-0.15, -0.1) is 0 Å². The fourth-order valence-electron chi connectivity index (χ4n) is 1.80. The van der Waals surface area contributed by atoms with E-state index in [1.54, 1.807) is 12.5 Å². The molecule has 1 atom stereocenters. The molecule has 4 nitrogen and oxygen atoms in total. The first kappa shape index (κ1) is 12.3. The van der Waals surface area contributed by atoms with Crippen molar-refractivity contribution in [2.24, 2.45) is 5.84 Å². The summed E-state index contributed by atoms with van der Waals surface area (Å²) >= 11 is 3.43. The van der Waals surface area contributed by atoms with Gasteiger partial charge < -0.3 is 4.42 Å². The number of aryl methyl sites for hydroxylation is 1. The van der Waals surface area contributed by atoms with Crippen LogP contribution in [-0.4, -0.2) is 4.98 Å². The van der Waals surface area contributed by atoms with Crippen molar-refractivity contribution < 1.29 is 4.42 Å². The van der Waals surface area contributed by atoms with Gasteiger partial charge in [-0.25, -0.2) is 5.43 Å². The summed E-state index contributed by atoms with van der Waals surface area (Å²) in [6.45, 7) is 2.09. The summed E-state index contributed by atoms with van der Waals surface area (Å²) in [7, 11) is 0. The summed E-state index contributed by atoms with van der Waals surface area (Å²) in [5.41, 5.74) is 4.80. The van der Waals surface area contributed by atoms with Crippen LogP contribution in [0.3, 0.4) is 0 Å². The van der Waals surface area contributed by atoms with Gasteiger partial charge in [-0.2, -0.15) is 0 Å². The largest absolute Gasteiger partial charge is 0.466 e. The highest BCUT2D eigenvalue weighted by atomic mass is 79.9. The maximum absolute atomic E-state index is 5.62. The topological polar surface area (TPSA) is 64.1 Å². The fraction of sp³-hybridized carbons (Fsp3) is 0.250. The molecule has 5 heteroatoms. The van der Waals surface area contributed by atoms with Crippen LogP contribution < -0.4 is 11.3 Å². The lowest BCUT2D eigenvalue weighted by molar-refractivity contribution is 0.443. The average molecular weight is 296 g/mol. The number of hydrogen-bond acceptors (Lipinski definition) is 4. The maximum Gasteiger partial charge on any atom is 0.142 e. The molecule has 2 aromatic rings. The molecular weight excluding hydrogens is 282 g/mol. The second-order valence-electron chi connectivity index (χ2n) is 3.63. The van der Waals surface area contributed by atoms with Crippen molar-refractivity contribution in [3.63, 3.8) is 0 Å². The highest BCUT2D eigenvalue weighted by Gasteiger charge is 2.22. The number of hydrazine groups is 1. The van der Waals surface area contributed by atoms with Crippen molar-refractivity contribution in [1.29, 1.82) is 0 Å². The molecule has 3 N–H and O–H groups in total. The summed E-state index contributed by atoms with van der Waals surface area (Å²) in [6, 6.07) is 5.57. The molecule has 0 aliphatic carbocycles. The third kappa shape index (κ3) is 2.41. The molecule has 0 bridgehead atoms. The Morgan fingerprint density at radius 2 is 2.35 bits per heavy atom. The first-order valence-corrected chi connectivity index (χ1v) is 6.20. The van der Waals surface area contributed by atoms with Gasteiger partial charge >= 0.3 is 0 Å². The number of hydrogen-bond donors (Lipinski definition) is 2. The smallest absolute Gasteiger partial charge is 0.142 e. The molecule has 2 heterocycles. The average Bonchev–Trinajstić information content (AvgIpc) is 2.78. The lowest BCUT2D eigenvalue weighted by Crippen LogP contribution is -2.30. The van der Waals surface area contributed by atoms with Crippen molar-refractivity contribution in [1.82, 2.24) is 10.4 Å². The van der Waals surface area contributed by atoms with E-state index < -0.39 is 0 Å². The van der Waals surface area contributed by atoms with Crippen molar-refractivity contribution in [2.75, 3.05) is 0 Å². The highest BCUT2D eigenvalue weighted by molar-refractivity contribution is 9.10. The number of aromatic nitrogens is 1. The molecule has 2 rings (SSSR count).